The van der Waals surface area contributed by atoms with E-state index in [1.54, 1.807) is 0 Å². The zero-order chi connectivity index (χ0) is 23.4. The van der Waals surface area contributed by atoms with Crippen molar-refractivity contribution in [1.29, 1.82) is 0 Å². The molecule has 32 heavy (non-hydrogen) atoms. The number of benzene rings is 2. The van der Waals surface area contributed by atoms with E-state index in [1.165, 1.54) is 13.2 Å². The SMILES string of the molecule is COC(=O)CC(C)c1ccc(OCC2(COc3ccc(C(F)(F)F)cc3Cl)COC2)cc1. The lowest BCUT2D eigenvalue weighted by Gasteiger charge is -2.40. The van der Waals surface area contributed by atoms with Crippen LogP contribution in [0.15, 0.2) is 42.5 Å². The summed E-state index contributed by atoms with van der Waals surface area (Å²) in [5.41, 5.74) is -0.267. The van der Waals surface area contributed by atoms with Crippen LogP contribution in [0, 0.1) is 5.41 Å². The Morgan fingerprint density at radius 3 is 2.31 bits per heavy atom. The quantitative estimate of drug-likeness (QED) is 0.451. The van der Waals surface area contributed by atoms with Gasteiger partial charge in [-0.15, -0.1) is 0 Å². The first kappa shape index (κ1) is 24.2. The van der Waals surface area contributed by atoms with Gasteiger partial charge in [-0.05, 0) is 41.8 Å². The van der Waals surface area contributed by atoms with Gasteiger partial charge in [-0.2, -0.15) is 13.2 Å². The summed E-state index contributed by atoms with van der Waals surface area (Å²) in [7, 11) is 1.36. The monoisotopic (exact) mass is 472 g/mol. The first-order valence-corrected chi connectivity index (χ1v) is 10.4. The summed E-state index contributed by atoms with van der Waals surface area (Å²) >= 11 is 5.96. The molecule has 1 heterocycles. The third-order valence-corrected chi connectivity index (χ3v) is 5.60. The molecule has 1 atom stereocenters. The molecule has 2 aromatic rings. The lowest BCUT2D eigenvalue weighted by molar-refractivity contribution is -0.149. The smallest absolute Gasteiger partial charge is 0.416 e. The molecule has 1 unspecified atom stereocenters. The van der Waals surface area contributed by atoms with Gasteiger partial charge in [-0.25, -0.2) is 0 Å². The fraction of sp³-hybridized carbons (Fsp3) is 0.435. The highest BCUT2D eigenvalue weighted by Gasteiger charge is 2.41. The Labute approximate surface area is 189 Å². The molecule has 2 aromatic carbocycles. The number of ether oxygens (including phenoxy) is 4. The minimum atomic E-state index is -4.47. The standard InChI is InChI=1S/C23H24ClF3O5/c1-15(9-21(28)29-2)16-3-6-18(7-4-16)31-13-22(11-30-12-22)14-32-20-8-5-17(10-19(20)24)23(25,26)27/h3-8,10,15H,9,11-14H2,1-2H3. The van der Waals surface area contributed by atoms with Crippen LogP contribution in [0.3, 0.4) is 0 Å². The highest BCUT2D eigenvalue weighted by molar-refractivity contribution is 6.32. The third-order valence-electron chi connectivity index (χ3n) is 5.30. The maximum atomic E-state index is 12.8. The molecule has 0 aromatic heterocycles. The van der Waals surface area contributed by atoms with E-state index in [1.807, 2.05) is 31.2 Å². The van der Waals surface area contributed by atoms with Crippen molar-refractivity contribution in [3.05, 3.63) is 58.6 Å². The van der Waals surface area contributed by atoms with Gasteiger partial charge in [-0.3, -0.25) is 4.79 Å². The molecular weight excluding hydrogens is 449 g/mol. The Morgan fingerprint density at radius 2 is 1.78 bits per heavy atom. The predicted octanol–water partition coefficient (Wildman–Crippen LogP) is 5.50. The van der Waals surface area contributed by atoms with Crippen LogP contribution < -0.4 is 9.47 Å². The van der Waals surface area contributed by atoms with Crippen LogP contribution in [0.4, 0.5) is 13.2 Å². The maximum Gasteiger partial charge on any atom is 0.416 e. The van der Waals surface area contributed by atoms with Gasteiger partial charge < -0.3 is 18.9 Å². The topological polar surface area (TPSA) is 54.0 Å². The lowest BCUT2D eigenvalue weighted by atomic mass is 9.88. The predicted molar refractivity (Wildman–Crippen MR) is 112 cm³/mol. The summed E-state index contributed by atoms with van der Waals surface area (Å²) in [6.45, 7) is 3.24. The van der Waals surface area contributed by atoms with Gasteiger partial charge in [-0.1, -0.05) is 30.7 Å². The molecule has 3 rings (SSSR count). The van der Waals surface area contributed by atoms with Gasteiger partial charge >= 0.3 is 12.1 Å². The van der Waals surface area contributed by atoms with Crippen molar-refractivity contribution in [3.63, 3.8) is 0 Å². The molecule has 0 N–H and O–H groups in total. The molecule has 0 radical (unpaired) electrons. The van der Waals surface area contributed by atoms with E-state index < -0.39 is 17.2 Å². The van der Waals surface area contributed by atoms with Crippen LogP contribution in [0.2, 0.25) is 5.02 Å². The summed E-state index contributed by atoms with van der Waals surface area (Å²) in [5.74, 6) is 0.579. The van der Waals surface area contributed by atoms with Gasteiger partial charge in [0.25, 0.3) is 0 Å². The molecule has 0 aliphatic carbocycles. The van der Waals surface area contributed by atoms with E-state index in [0.717, 1.165) is 17.7 Å². The molecule has 1 aliphatic heterocycles. The zero-order valence-electron chi connectivity index (χ0n) is 17.7. The fourth-order valence-corrected chi connectivity index (χ4v) is 3.44. The van der Waals surface area contributed by atoms with Crippen molar-refractivity contribution in [2.45, 2.75) is 25.4 Å². The molecule has 0 amide bonds. The van der Waals surface area contributed by atoms with Crippen molar-refractivity contribution in [2.24, 2.45) is 5.41 Å². The first-order chi connectivity index (χ1) is 15.1. The minimum Gasteiger partial charge on any atom is -0.493 e. The van der Waals surface area contributed by atoms with Gasteiger partial charge in [0.05, 0.1) is 42.7 Å². The second kappa shape index (κ2) is 10.0. The molecule has 1 fully saturated rings. The number of halogens is 4. The van der Waals surface area contributed by atoms with Gasteiger partial charge in [0.2, 0.25) is 0 Å². The van der Waals surface area contributed by atoms with E-state index in [-0.39, 0.29) is 29.3 Å². The second-order valence-corrected chi connectivity index (χ2v) is 8.37. The number of methoxy groups -OCH3 is 1. The molecule has 1 aliphatic rings. The largest absolute Gasteiger partial charge is 0.493 e. The Balaban J connectivity index is 1.55. The van der Waals surface area contributed by atoms with Crippen molar-refractivity contribution in [2.75, 3.05) is 33.5 Å². The van der Waals surface area contributed by atoms with E-state index in [4.69, 9.17) is 30.5 Å². The Kier molecular flexibility index (Phi) is 7.56. The van der Waals surface area contributed by atoms with Crippen LogP contribution in [-0.2, 0) is 20.4 Å². The van der Waals surface area contributed by atoms with Gasteiger partial charge in [0.15, 0.2) is 0 Å². The number of carbonyl (C=O) groups excluding carboxylic acids is 1. The Morgan fingerprint density at radius 1 is 1.12 bits per heavy atom. The van der Waals surface area contributed by atoms with Gasteiger partial charge in [0, 0.05) is 0 Å². The lowest BCUT2D eigenvalue weighted by Crippen LogP contribution is -2.51. The summed E-state index contributed by atoms with van der Waals surface area (Å²) in [5, 5.41) is -0.104. The highest BCUT2D eigenvalue weighted by atomic mass is 35.5. The van der Waals surface area contributed by atoms with E-state index in [9.17, 15) is 18.0 Å². The molecular formula is C23H24ClF3O5. The Hall–Kier alpha value is -2.45. The van der Waals surface area contributed by atoms with Crippen LogP contribution >= 0.6 is 11.6 Å². The normalized spacial score (nSPS) is 16.1. The number of carbonyl (C=O) groups is 1. The average Bonchev–Trinajstić information content (AvgIpc) is 2.73. The summed E-state index contributed by atoms with van der Waals surface area (Å²) in [6.07, 6.45) is -4.17. The minimum absolute atomic E-state index is 0.0183. The summed E-state index contributed by atoms with van der Waals surface area (Å²) < 4.78 is 60.0. The molecule has 0 saturated carbocycles. The first-order valence-electron chi connectivity index (χ1n) is 9.99. The van der Waals surface area contributed by atoms with Crippen molar-refractivity contribution < 1.29 is 36.9 Å². The Bertz CT molecular complexity index is 926. The zero-order valence-corrected chi connectivity index (χ0v) is 18.5. The van der Waals surface area contributed by atoms with Crippen LogP contribution in [0.5, 0.6) is 11.5 Å². The number of hydrogen-bond acceptors (Lipinski definition) is 5. The number of alkyl halides is 3. The van der Waals surface area contributed by atoms with Crippen molar-refractivity contribution in [1.82, 2.24) is 0 Å². The molecule has 0 bridgehead atoms. The van der Waals surface area contributed by atoms with E-state index in [0.29, 0.717) is 32.0 Å². The van der Waals surface area contributed by atoms with Crippen molar-refractivity contribution in [3.8, 4) is 11.5 Å². The second-order valence-electron chi connectivity index (χ2n) is 7.96. The number of rotatable bonds is 9. The molecule has 9 heteroatoms. The van der Waals surface area contributed by atoms with Crippen LogP contribution in [0.1, 0.15) is 30.4 Å². The fourth-order valence-electron chi connectivity index (χ4n) is 3.20. The molecule has 1 saturated heterocycles. The van der Waals surface area contributed by atoms with Crippen LogP contribution in [0.25, 0.3) is 0 Å². The molecule has 5 nitrogen and oxygen atoms in total. The summed E-state index contributed by atoms with van der Waals surface area (Å²) in [6, 6.07) is 10.4. The number of hydrogen-bond donors (Lipinski definition) is 0. The highest BCUT2D eigenvalue weighted by Crippen LogP contribution is 2.36. The average molecular weight is 473 g/mol. The van der Waals surface area contributed by atoms with Gasteiger partial charge in [0.1, 0.15) is 24.7 Å². The van der Waals surface area contributed by atoms with E-state index >= 15 is 0 Å². The summed E-state index contributed by atoms with van der Waals surface area (Å²) in [4.78, 5) is 11.4. The number of esters is 1. The maximum absolute atomic E-state index is 12.8. The molecule has 174 valence electrons. The molecule has 0 spiro atoms. The van der Waals surface area contributed by atoms with Crippen molar-refractivity contribution >= 4 is 17.6 Å². The van der Waals surface area contributed by atoms with E-state index in [2.05, 4.69) is 0 Å². The third kappa shape index (κ3) is 6.07. The van der Waals surface area contributed by atoms with Crippen LogP contribution in [-0.4, -0.2) is 39.5 Å².